The van der Waals surface area contributed by atoms with Crippen LogP contribution in [0.15, 0.2) is 54.6 Å². The van der Waals surface area contributed by atoms with Crippen LogP contribution in [0.4, 0.5) is 5.69 Å². The first-order valence-corrected chi connectivity index (χ1v) is 10.1. The Labute approximate surface area is 178 Å². The van der Waals surface area contributed by atoms with Crippen molar-refractivity contribution < 1.29 is 9.59 Å². The van der Waals surface area contributed by atoms with Crippen LogP contribution in [0.1, 0.15) is 29.9 Å². The van der Waals surface area contributed by atoms with Crippen molar-refractivity contribution in [3.63, 3.8) is 0 Å². The van der Waals surface area contributed by atoms with Gasteiger partial charge >= 0.3 is 0 Å². The Morgan fingerprint density at radius 3 is 2.31 bits per heavy atom. The van der Waals surface area contributed by atoms with E-state index in [1.54, 1.807) is 0 Å². The number of anilines is 1. The summed E-state index contributed by atoms with van der Waals surface area (Å²) in [7, 11) is 0. The Hall–Kier alpha value is -2.37. The van der Waals surface area contributed by atoms with E-state index >= 15 is 0 Å². The van der Waals surface area contributed by atoms with E-state index in [1.807, 2.05) is 47.4 Å². The monoisotopic (exact) mass is 413 g/mol. The van der Waals surface area contributed by atoms with Gasteiger partial charge in [-0.15, -0.1) is 12.4 Å². The number of carbonyl (C=O) groups is 2. The number of benzene rings is 2. The summed E-state index contributed by atoms with van der Waals surface area (Å²) in [6.45, 7) is 2.02. The van der Waals surface area contributed by atoms with Crippen molar-refractivity contribution in [1.82, 2.24) is 4.90 Å². The Bertz CT molecular complexity index is 837. The number of halogens is 1. The molecule has 0 bridgehead atoms. The van der Waals surface area contributed by atoms with Crippen molar-refractivity contribution in [1.29, 1.82) is 0 Å². The fourth-order valence-electron chi connectivity index (χ4n) is 3.97. The lowest BCUT2D eigenvalue weighted by Gasteiger charge is -2.17. The summed E-state index contributed by atoms with van der Waals surface area (Å²) in [4.78, 5) is 26.6. The second-order valence-corrected chi connectivity index (χ2v) is 7.95. The van der Waals surface area contributed by atoms with Crippen molar-refractivity contribution in [2.75, 3.05) is 25.0 Å². The average molecular weight is 414 g/mol. The van der Waals surface area contributed by atoms with E-state index in [0.717, 1.165) is 30.6 Å². The van der Waals surface area contributed by atoms with Crippen LogP contribution in [0.2, 0.25) is 0 Å². The third-order valence-corrected chi connectivity index (χ3v) is 5.85. The van der Waals surface area contributed by atoms with E-state index in [9.17, 15) is 9.59 Å². The van der Waals surface area contributed by atoms with E-state index in [4.69, 9.17) is 5.73 Å². The SMILES string of the molecule is Cl.NC[C@@H]1CN(C(=O)Cc2ccc(NC(=O)C3CC3)cc2)C[C@H]1c1ccccc1. The summed E-state index contributed by atoms with van der Waals surface area (Å²) in [5, 5.41) is 2.93. The molecule has 1 saturated heterocycles. The van der Waals surface area contributed by atoms with Gasteiger partial charge in [-0.1, -0.05) is 42.5 Å². The summed E-state index contributed by atoms with van der Waals surface area (Å²) >= 11 is 0. The number of rotatable bonds is 6. The number of carbonyl (C=O) groups excluding carboxylic acids is 2. The number of nitrogens with zero attached hydrogens (tertiary/aromatic N) is 1. The minimum atomic E-state index is 0. The van der Waals surface area contributed by atoms with Gasteiger partial charge in [-0.2, -0.15) is 0 Å². The highest BCUT2D eigenvalue weighted by molar-refractivity contribution is 5.94. The maximum Gasteiger partial charge on any atom is 0.227 e. The Morgan fingerprint density at radius 2 is 1.69 bits per heavy atom. The molecule has 2 atom stereocenters. The molecule has 0 radical (unpaired) electrons. The molecular weight excluding hydrogens is 386 g/mol. The maximum atomic E-state index is 12.8. The Morgan fingerprint density at radius 1 is 1.00 bits per heavy atom. The molecule has 0 aromatic heterocycles. The average Bonchev–Trinajstić information content (AvgIpc) is 3.49. The van der Waals surface area contributed by atoms with Crippen molar-refractivity contribution in [2.24, 2.45) is 17.6 Å². The second-order valence-electron chi connectivity index (χ2n) is 7.95. The molecule has 1 aliphatic heterocycles. The molecule has 2 amide bonds. The molecule has 1 heterocycles. The Balaban J connectivity index is 0.00000240. The third-order valence-electron chi connectivity index (χ3n) is 5.85. The first-order chi connectivity index (χ1) is 13.6. The summed E-state index contributed by atoms with van der Waals surface area (Å²) in [6.07, 6.45) is 2.35. The number of amides is 2. The van der Waals surface area contributed by atoms with Crippen LogP contribution < -0.4 is 11.1 Å². The summed E-state index contributed by atoms with van der Waals surface area (Å²) < 4.78 is 0. The minimum absolute atomic E-state index is 0. The lowest BCUT2D eigenvalue weighted by atomic mass is 9.89. The molecule has 0 spiro atoms. The van der Waals surface area contributed by atoms with Crippen LogP contribution in [-0.4, -0.2) is 36.3 Å². The predicted molar refractivity (Wildman–Crippen MR) is 117 cm³/mol. The molecule has 6 heteroatoms. The van der Waals surface area contributed by atoms with Crippen LogP contribution >= 0.6 is 12.4 Å². The van der Waals surface area contributed by atoms with Crippen LogP contribution in [-0.2, 0) is 16.0 Å². The standard InChI is InChI=1S/C23H27N3O2.ClH/c24-13-19-14-26(15-21(19)17-4-2-1-3-5-17)22(27)12-16-6-10-20(11-7-16)25-23(28)18-8-9-18;/h1-7,10-11,18-19,21H,8-9,12-15,24H2,(H,25,28);1H/t19-,21+;/m1./s1. The quantitative estimate of drug-likeness (QED) is 0.763. The highest BCUT2D eigenvalue weighted by Crippen LogP contribution is 2.32. The van der Waals surface area contributed by atoms with Gasteiger partial charge in [-0.3, -0.25) is 9.59 Å². The normalized spacial score (nSPS) is 20.8. The molecule has 5 nitrogen and oxygen atoms in total. The topological polar surface area (TPSA) is 75.4 Å². The van der Waals surface area contributed by atoms with Gasteiger partial charge in [0, 0.05) is 30.6 Å². The van der Waals surface area contributed by atoms with E-state index in [2.05, 4.69) is 17.4 Å². The largest absolute Gasteiger partial charge is 0.341 e. The van der Waals surface area contributed by atoms with Gasteiger partial charge in [0.25, 0.3) is 0 Å². The zero-order chi connectivity index (χ0) is 19.5. The molecule has 154 valence electrons. The molecule has 2 fully saturated rings. The van der Waals surface area contributed by atoms with Gasteiger partial charge in [0.1, 0.15) is 0 Å². The zero-order valence-electron chi connectivity index (χ0n) is 16.4. The number of hydrogen-bond acceptors (Lipinski definition) is 3. The number of likely N-dealkylation sites (tertiary alicyclic amines) is 1. The van der Waals surface area contributed by atoms with Crippen molar-refractivity contribution >= 4 is 29.9 Å². The Kier molecular flexibility index (Phi) is 6.93. The van der Waals surface area contributed by atoms with Gasteiger partial charge in [0.05, 0.1) is 6.42 Å². The fourth-order valence-corrected chi connectivity index (χ4v) is 3.97. The summed E-state index contributed by atoms with van der Waals surface area (Å²) in [5.41, 5.74) is 8.99. The second kappa shape index (κ2) is 9.42. The van der Waals surface area contributed by atoms with Gasteiger partial charge in [0.15, 0.2) is 0 Å². The fraction of sp³-hybridized carbons (Fsp3) is 0.391. The van der Waals surface area contributed by atoms with Gasteiger partial charge in [-0.05, 0) is 48.6 Å². The molecule has 4 rings (SSSR count). The molecule has 2 aromatic carbocycles. The zero-order valence-corrected chi connectivity index (χ0v) is 17.2. The highest BCUT2D eigenvalue weighted by atomic mass is 35.5. The van der Waals surface area contributed by atoms with E-state index < -0.39 is 0 Å². The molecule has 29 heavy (non-hydrogen) atoms. The lowest BCUT2D eigenvalue weighted by Crippen LogP contribution is -2.31. The van der Waals surface area contributed by atoms with E-state index in [0.29, 0.717) is 31.3 Å². The summed E-state index contributed by atoms with van der Waals surface area (Å²) in [5.74, 6) is 1.01. The number of nitrogens with two attached hydrogens (primary N) is 1. The summed E-state index contributed by atoms with van der Waals surface area (Å²) in [6, 6.07) is 17.9. The van der Waals surface area contributed by atoms with Gasteiger partial charge in [-0.25, -0.2) is 0 Å². The molecule has 0 unspecified atom stereocenters. The van der Waals surface area contributed by atoms with Crippen molar-refractivity contribution in [2.45, 2.75) is 25.2 Å². The maximum absolute atomic E-state index is 12.8. The number of hydrogen-bond donors (Lipinski definition) is 2. The third kappa shape index (κ3) is 5.17. The number of nitrogens with one attached hydrogen (secondary N) is 1. The first kappa shape index (κ1) is 21.3. The molecular formula is C23H28ClN3O2. The molecule has 2 aliphatic rings. The van der Waals surface area contributed by atoms with Crippen molar-refractivity contribution in [3.05, 3.63) is 65.7 Å². The molecule has 1 saturated carbocycles. The van der Waals surface area contributed by atoms with E-state index in [-0.39, 0.29) is 30.1 Å². The minimum Gasteiger partial charge on any atom is -0.341 e. The van der Waals surface area contributed by atoms with Crippen LogP contribution in [0, 0.1) is 11.8 Å². The van der Waals surface area contributed by atoms with Crippen LogP contribution in [0.3, 0.4) is 0 Å². The van der Waals surface area contributed by atoms with E-state index in [1.165, 1.54) is 5.56 Å². The predicted octanol–water partition coefficient (Wildman–Crippen LogP) is 3.20. The van der Waals surface area contributed by atoms with Crippen LogP contribution in [0.25, 0.3) is 0 Å². The van der Waals surface area contributed by atoms with Crippen molar-refractivity contribution in [3.8, 4) is 0 Å². The first-order valence-electron chi connectivity index (χ1n) is 10.1. The smallest absolute Gasteiger partial charge is 0.227 e. The lowest BCUT2D eigenvalue weighted by molar-refractivity contribution is -0.129. The van der Waals surface area contributed by atoms with Gasteiger partial charge < -0.3 is 16.0 Å². The van der Waals surface area contributed by atoms with Gasteiger partial charge in [0.2, 0.25) is 11.8 Å². The molecule has 1 aliphatic carbocycles. The molecule has 3 N–H and O–H groups in total. The highest BCUT2D eigenvalue weighted by Gasteiger charge is 2.35. The molecule has 2 aromatic rings. The van der Waals surface area contributed by atoms with Crippen LogP contribution in [0.5, 0.6) is 0 Å².